The van der Waals surface area contributed by atoms with Crippen molar-refractivity contribution in [3.63, 3.8) is 0 Å². The van der Waals surface area contributed by atoms with Crippen molar-refractivity contribution in [2.75, 3.05) is 19.8 Å². The van der Waals surface area contributed by atoms with Crippen LogP contribution < -0.4 is 4.72 Å². The molecule has 1 saturated heterocycles. The van der Waals surface area contributed by atoms with Crippen LogP contribution in [0.15, 0.2) is 29.2 Å². The minimum Gasteiger partial charge on any atom is -0.465 e. The molecule has 1 heterocycles. The van der Waals surface area contributed by atoms with Gasteiger partial charge in [-0.2, -0.15) is 4.72 Å². The van der Waals surface area contributed by atoms with Crippen molar-refractivity contribution < 1.29 is 22.7 Å². The van der Waals surface area contributed by atoms with E-state index in [4.69, 9.17) is 9.47 Å². The van der Waals surface area contributed by atoms with E-state index in [1.807, 2.05) is 6.92 Å². The molecule has 0 amide bonds. The highest BCUT2D eigenvalue weighted by molar-refractivity contribution is 7.89. The third-order valence-electron chi connectivity index (χ3n) is 3.59. The van der Waals surface area contributed by atoms with E-state index >= 15 is 0 Å². The number of rotatable bonds is 6. The lowest BCUT2D eigenvalue weighted by Crippen LogP contribution is -2.47. The highest BCUT2D eigenvalue weighted by atomic mass is 32.2. The molecule has 1 aromatic carbocycles. The van der Waals surface area contributed by atoms with Gasteiger partial charge < -0.3 is 9.47 Å². The fourth-order valence-electron chi connectivity index (χ4n) is 2.34. The molecule has 0 bridgehead atoms. The van der Waals surface area contributed by atoms with Crippen molar-refractivity contribution >= 4 is 16.0 Å². The van der Waals surface area contributed by atoms with Crippen LogP contribution >= 0.6 is 0 Å². The van der Waals surface area contributed by atoms with Crippen LogP contribution in [-0.4, -0.2) is 40.2 Å². The molecule has 1 aliphatic heterocycles. The van der Waals surface area contributed by atoms with Crippen LogP contribution in [0.25, 0.3) is 0 Å². The molecule has 22 heavy (non-hydrogen) atoms. The third-order valence-corrected chi connectivity index (χ3v) is 5.05. The fraction of sp³-hybridized carbons (Fsp3) is 0.533. The summed E-state index contributed by atoms with van der Waals surface area (Å²) in [5, 5.41) is 0. The molecule has 0 spiro atoms. The minimum atomic E-state index is -3.78. The van der Waals surface area contributed by atoms with E-state index in [9.17, 15) is 13.2 Å². The van der Waals surface area contributed by atoms with Crippen LogP contribution in [0.3, 0.4) is 0 Å². The maximum absolute atomic E-state index is 12.5. The van der Waals surface area contributed by atoms with Gasteiger partial charge in [-0.25, -0.2) is 8.42 Å². The Kier molecular flexibility index (Phi) is 5.55. The lowest BCUT2D eigenvalue weighted by atomic mass is 10.0. The van der Waals surface area contributed by atoms with Gasteiger partial charge in [-0.1, -0.05) is 17.7 Å². The lowest BCUT2D eigenvalue weighted by Gasteiger charge is -2.21. The molecular formula is C15H21NO5S. The van der Waals surface area contributed by atoms with Crippen molar-refractivity contribution in [3.8, 4) is 0 Å². The Morgan fingerprint density at radius 1 is 1.41 bits per heavy atom. The van der Waals surface area contributed by atoms with Crippen molar-refractivity contribution in [3.05, 3.63) is 29.8 Å². The Labute approximate surface area is 130 Å². The number of benzene rings is 1. The second kappa shape index (κ2) is 7.21. The van der Waals surface area contributed by atoms with Gasteiger partial charge in [0.1, 0.15) is 6.04 Å². The predicted octanol–water partition coefficient (Wildman–Crippen LogP) is 1.24. The van der Waals surface area contributed by atoms with E-state index in [0.29, 0.717) is 19.6 Å². The maximum Gasteiger partial charge on any atom is 0.324 e. The van der Waals surface area contributed by atoms with Crippen LogP contribution in [-0.2, 0) is 24.3 Å². The molecule has 1 N–H and O–H groups in total. The second-order valence-corrected chi connectivity index (χ2v) is 7.00. The van der Waals surface area contributed by atoms with E-state index in [2.05, 4.69) is 4.72 Å². The van der Waals surface area contributed by atoms with Gasteiger partial charge in [0, 0.05) is 12.5 Å². The quantitative estimate of drug-likeness (QED) is 0.795. The Hall–Kier alpha value is -1.44. The van der Waals surface area contributed by atoms with Gasteiger partial charge in [0.05, 0.1) is 18.1 Å². The number of nitrogens with one attached hydrogen (secondary N) is 1. The minimum absolute atomic E-state index is 0.131. The number of hydrogen-bond acceptors (Lipinski definition) is 5. The number of ether oxygens (including phenoxy) is 2. The second-order valence-electron chi connectivity index (χ2n) is 5.29. The van der Waals surface area contributed by atoms with Crippen LogP contribution in [0.5, 0.6) is 0 Å². The number of aryl methyl sites for hydroxylation is 1. The third kappa shape index (κ3) is 4.06. The molecule has 2 unspecified atom stereocenters. The largest absolute Gasteiger partial charge is 0.465 e. The molecule has 0 aromatic heterocycles. The van der Waals surface area contributed by atoms with E-state index in [-0.39, 0.29) is 17.4 Å². The highest BCUT2D eigenvalue weighted by Crippen LogP contribution is 2.20. The molecule has 2 atom stereocenters. The SMILES string of the molecule is CCOC(=O)C(NS(=O)(=O)c1ccc(C)cc1)C1CCOC1. The van der Waals surface area contributed by atoms with E-state index in [1.54, 1.807) is 19.1 Å². The normalized spacial score (nSPS) is 19.8. The average Bonchev–Trinajstić information content (AvgIpc) is 2.99. The smallest absolute Gasteiger partial charge is 0.324 e. The van der Waals surface area contributed by atoms with Gasteiger partial charge in [0.15, 0.2) is 0 Å². The molecule has 2 rings (SSSR count). The average molecular weight is 327 g/mol. The van der Waals surface area contributed by atoms with Crippen LogP contribution in [0.1, 0.15) is 18.9 Å². The monoisotopic (exact) mass is 327 g/mol. The Bertz CT molecular complexity index is 605. The van der Waals surface area contributed by atoms with Gasteiger partial charge in [0.2, 0.25) is 10.0 Å². The molecule has 0 aliphatic carbocycles. The van der Waals surface area contributed by atoms with Crippen LogP contribution in [0.4, 0.5) is 0 Å². The molecule has 122 valence electrons. The van der Waals surface area contributed by atoms with E-state index < -0.39 is 22.0 Å². The number of carbonyl (C=O) groups excluding carboxylic acids is 1. The maximum atomic E-state index is 12.5. The van der Waals surface area contributed by atoms with Gasteiger partial charge >= 0.3 is 5.97 Å². The van der Waals surface area contributed by atoms with Crippen molar-refractivity contribution in [1.82, 2.24) is 4.72 Å². The van der Waals surface area contributed by atoms with Gasteiger partial charge in [-0.05, 0) is 32.4 Å². The van der Waals surface area contributed by atoms with Crippen molar-refractivity contribution in [2.45, 2.75) is 31.2 Å². The molecule has 0 saturated carbocycles. The zero-order chi connectivity index (χ0) is 16.2. The molecule has 6 nitrogen and oxygen atoms in total. The Morgan fingerprint density at radius 3 is 2.64 bits per heavy atom. The molecule has 1 aromatic rings. The first kappa shape index (κ1) is 16.9. The Morgan fingerprint density at radius 2 is 2.09 bits per heavy atom. The summed E-state index contributed by atoms with van der Waals surface area (Å²) in [6.07, 6.45) is 0.625. The molecule has 1 aliphatic rings. The first-order valence-electron chi connectivity index (χ1n) is 7.27. The zero-order valence-electron chi connectivity index (χ0n) is 12.7. The summed E-state index contributed by atoms with van der Waals surface area (Å²) in [5.41, 5.74) is 0.963. The molecule has 0 radical (unpaired) electrons. The number of hydrogen-bond donors (Lipinski definition) is 1. The van der Waals surface area contributed by atoms with Gasteiger partial charge in [-0.15, -0.1) is 0 Å². The summed E-state index contributed by atoms with van der Waals surface area (Å²) in [6.45, 7) is 4.64. The lowest BCUT2D eigenvalue weighted by molar-refractivity contribution is -0.146. The summed E-state index contributed by atoms with van der Waals surface area (Å²) in [7, 11) is -3.78. The first-order chi connectivity index (χ1) is 10.4. The van der Waals surface area contributed by atoms with Crippen molar-refractivity contribution in [2.24, 2.45) is 5.92 Å². The summed E-state index contributed by atoms with van der Waals surface area (Å²) in [6, 6.07) is 5.55. The summed E-state index contributed by atoms with van der Waals surface area (Å²) < 4.78 is 37.6. The summed E-state index contributed by atoms with van der Waals surface area (Å²) in [5.74, 6) is -0.770. The zero-order valence-corrected chi connectivity index (χ0v) is 13.6. The highest BCUT2D eigenvalue weighted by Gasteiger charge is 2.36. The number of carbonyl (C=O) groups is 1. The van der Waals surface area contributed by atoms with Crippen molar-refractivity contribution in [1.29, 1.82) is 0 Å². The van der Waals surface area contributed by atoms with Gasteiger partial charge in [0.25, 0.3) is 0 Å². The topological polar surface area (TPSA) is 81.7 Å². The number of sulfonamides is 1. The fourth-order valence-corrected chi connectivity index (χ4v) is 3.59. The standard InChI is InChI=1S/C15H21NO5S/c1-3-21-15(17)14(12-8-9-20-10-12)16-22(18,19)13-6-4-11(2)5-7-13/h4-7,12,14,16H,3,8-10H2,1-2H3. The molecule has 1 fully saturated rings. The first-order valence-corrected chi connectivity index (χ1v) is 8.75. The van der Waals surface area contributed by atoms with E-state index in [0.717, 1.165) is 5.56 Å². The predicted molar refractivity (Wildman–Crippen MR) is 80.8 cm³/mol. The Balaban J connectivity index is 2.21. The summed E-state index contributed by atoms with van der Waals surface area (Å²) >= 11 is 0. The molecular weight excluding hydrogens is 306 g/mol. The van der Waals surface area contributed by atoms with Crippen LogP contribution in [0, 0.1) is 12.8 Å². The van der Waals surface area contributed by atoms with Crippen LogP contribution in [0.2, 0.25) is 0 Å². The number of esters is 1. The molecule has 7 heteroatoms. The summed E-state index contributed by atoms with van der Waals surface area (Å²) in [4.78, 5) is 12.2. The van der Waals surface area contributed by atoms with E-state index in [1.165, 1.54) is 12.1 Å². The van der Waals surface area contributed by atoms with Gasteiger partial charge in [-0.3, -0.25) is 4.79 Å².